The maximum Gasteiger partial charge on any atom is 0.238 e. The minimum absolute atomic E-state index is 0.00534. The number of benzene rings is 2. The highest BCUT2D eigenvalue weighted by Crippen LogP contribution is 2.19. The first-order valence-corrected chi connectivity index (χ1v) is 10.9. The number of aryl methyl sites for hydroxylation is 3. The Morgan fingerprint density at radius 2 is 1.77 bits per heavy atom. The second-order valence-electron chi connectivity index (χ2n) is 8.30. The van der Waals surface area contributed by atoms with Crippen molar-refractivity contribution in [2.75, 3.05) is 31.5 Å². The molecule has 2 aromatic carbocycles. The van der Waals surface area contributed by atoms with Crippen LogP contribution in [0.15, 0.2) is 48.5 Å². The lowest BCUT2D eigenvalue weighted by Gasteiger charge is -2.30. The van der Waals surface area contributed by atoms with E-state index in [0.29, 0.717) is 13.1 Å². The third-order valence-corrected chi connectivity index (χ3v) is 5.77. The Morgan fingerprint density at radius 1 is 1.03 bits per heavy atom. The summed E-state index contributed by atoms with van der Waals surface area (Å²) in [5, 5.41) is 6.09. The van der Waals surface area contributed by atoms with E-state index in [1.807, 2.05) is 44.2 Å². The van der Waals surface area contributed by atoms with Crippen LogP contribution >= 0.6 is 0 Å². The second kappa shape index (κ2) is 10.9. The van der Waals surface area contributed by atoms with Gasteiger partial charge in [-0.15, -0.1) is 0 Å². The number of likely N-dealkylation sites (tertiary alicyclic amines) is 1. The monoisotopic (exact) mass is 407 g/mol. The van der Waals surface area contributed by atoms with Crippen LogP contribution in [0.1, 0.15) is 36.0 Å². The summed E-state index contributed by atoms with van der Waals surface area (Å²) < 4.78 is 0. The van der Waals surface area contributed by atoms with Gasteiger partial charge in [-0.1, -0.05) is 48.0 Å². The highest BCUT2D eigenvalue weighted by molar-refractivity contribution is 5.93. The van der Waals surface area contributed by atoms with E-state index in [4.69, 9.17) is 0 Å². The number of amides is 2. The first kappa shape index (κ1) is 22.0. The molecule has 0 aromatic heterocycles. The van der Waals surface area contributed by atoms with Gasteiger partial charge in [0.05, 0.1) is 6.54 Å². The van der Waals surface area contributed by atoms with Crippen molar-refractivity contribution < 1.29 is 9.59 Å². The third kappa shape index (κ3) is 6.70. The molecule has 3 rings (SSSR count). The van der Waals surface area contributed by atoms with Gasteiger partial charge in [0.2, 0.25) is 11.8 Å². The normalized spacial score (nSPS) is 15.0. The molecule has 1 saturated heterocycles. The van der Waals surface area contributed by atoms with E-state index in [1.165, 1.54) is 11.1 Å². The Morgan fingerprint density at radius 3 is 2.47 bits per heavy atom. The molecule has 0 spiro atoms. The molecule has 1 fully saturated rings. The molecule has 1 aliphatic rings. The topological polar surface area (TPSA) is 61.4 Å². The predicted molar refractivity (Wildman–Crippen MR) is 121 cm³/mol. The van der Waals surface area contributed by atoms with Crippen molar-refractivity contribution in [3.8, 4) is 0 Å². The standard InChI is InChI=1S/C25H33N3O2/c1-19-10-11-23(20(2)17-19)27-24(29)18-28-15-12-22(13-16-28)25(30)26-14-6-9-21-7-4-3-5-8-21/h3-5,7-8,10-11,17,22H,6,9,12-16,18H2,1-2H3,(H,26,30)(H,27,29). The van der Waals surface area contributed by atoms with Crippen LogP contribution in [0.4, 0.5) is 5.69 Å². The summed E-state index contributed by atoms with van der Waals surface area (Å²) in [4.78, 5) is 27.0. The van der Waals surface area contributed by atoms with Gasteiger partial charge in [0.25, 0.3) is 0 Å². The number of hydrogen-bond donors (Lipinski definition) is 2. The summed E-state index contributed by atoms with van der Waals surface area (Å²) in [7, 11) is 0. The minimum Gasteiger partial charge on any atom is -0.356 e. The molecule has 2 aromatic rings. The number of nitrogens with zero attached hydrogens (tertiary/aromatic N) is 1. The van der Waals surface area contributed by atoms with Crippen LogP contribution in [0.25, 0.3) is 0 Å². The molecule has 0 bridgehead atoms. The first-order valence-electron chi connectivity index (χ1n) is 10.9. The Balaban J connectivity index is 1.33. The zero-order valence-corrected chi connectivity index (χ0v) is 18.1. The Bertz CT molecular complexity index is 843. The van der Waals surface area contributed by atoms with Crippen LogP contribution in [-0.2, 0) is 16.0 Å². The number of hydrogen-bond acceptors (Lipinski definition) is 3. The molecule has 5 heteroatoms. The van der Waals surface area contributed by atoms with Crippen molar-refractivity contribution >= 4 is 17.5 Å². The summed E-state index contributed by atoms with van der Waals surface area (Å²) >= 11 is 0. The van der Waals surface area contributed by atoms with Gasteiger partial charge in [-0.25, -0.2) is 0 Å². The molecule has 0 aliphatic carbocycles. The molecule has 0 radical (unpaired) electrons. The molecule has 0 saturated carbocycles. The van der Waals surface area contributed by atoms with E-state index in [9.17, 15) is 9.59 Å². The number of piperidine rings is 1. The number of anilines is 1. The molecule has 0 unspecified atom stereocenters. The van der Waals surface area contributed by atoms with Gasteiger partial charge >= 0.3 is 0 Å². The molecule has 160 valence electrons. The van der Waals surface area contributed by atoms with Crippen molar-refractivity contribution in [2.24, 2.45) is 5.92 Å². The van der Waals surface area contributed by atoms with Crippen LogP contribution in [0.5, 0.6) is 0 Å². The Hall–Kier alpha value is -2.66. The SMILES string of the molecule is Cc1ccc(NC(=O)CN2CCC(C(=O)NCCCc3ccccc3)CC2)c(C)c1. The van der Waals surface area contributed by atoms with Crippen LogP contribution in [0.3, 0.4) is 0 Å². The van der Waals surface area contributed by atoms with E-state index in [0.717, 1.165) is 50.0 Å². The van der Waals surface area contributed by atoms with Crippen molar-refractivity contribution in [3.05, 3.63) is 65.2 Å². The number of rotatable bonds is 8. The molecular formula is C25H33N3O2. The summed E-state index contributed by atoms with van der Waals surface area (Å²) in [5.41, 5.74) is 4.44. The molecule has 30 heavy (non-hydrogen) atoms. The van der Waals surface area contributed by atoms with Crippen LogP contribution in [0, 0.1) is 19.8 Å². The van der Waals surface area contributed by atoms with Gasteiger partial charge < -0.3 is 10.6 Å². The minimum atomic E-state index is 0.00534. The van der Waals surface area contributed by atoms with Gasteiger partial charge in [0.1, 0.15) is 0 Å². The van der Waals surface area contributed by atoms with Crippen LogP contribution < -0.4 is 10.6 Å². The molecule has 0 atom stereocenters. The average Bonchev–Trinajstić information content (AvgIpc) is 2.74. The smallest absolute Gasteiger partial charge is 0.238 e. The molecule has 1 aliphatic heterocycles. The first-order chi connectivity index (χ1) is 14.5. The quantitative estimate of drug-likeness (QED) is 0.656. The van der Waals surface area contributed by atoms with E-state index in [2.05, 4.69) is 33.7 Å². The Kier molecular flexibility index (Phi) is 8.03. The lowest BCUT2D eigenvalue weighted by atomic mass is 9.96. The summed E-state index contributed by atoms with van der Waals surface area (Å²) in [6.45, 7) is 6.70. The zero-order chi connectivity index (χ0) is 21.3. The third-order valence-electron chi connectivity index (χ3n) is 5.77. The van der Waals surface area contributed by atoms with Crippen molar-refractivity contribution in [1.29, 1.82) is 0 Å². The maximum atomic E-state index is 12.4. The van der Waals surface area contributed by atoms with E-state index < -0.39 is 0 Å². The summed E-state index contributed by atoms with van der Waals surface area (Å²) in [5.74, 6) is 0.216. The van der Waals surface area contributed by atoms with Crippen molar-refractivity contribution in [2.45, 2.75) is 39.5 Å². The van der Waals surface area contributed by atoms with Crippen LogP contribution in [0.2, 0.25) is 0 Å². The second-order valence-corrected chi connectivity index (χ2v) is 8.30. The van der Waals surface area contributed by atoms with Crippen molar-refractivity contribution in [3.63, 3.8) is 0 Å². The molecule has 1 heterocycles. The van der Waals surface area contributed by atoms with Gasteiger partial charge in [-0.3, -0.25) is 14.5 Å². The number of carbonyl (C=O) groups excluding carboxylic acids is 2. The molecule has 2 amide bonds. The van der Waals surface area contributed by atoms with Crippen molar-refractivity contribution in [1.82, 2.24) is 10.2 Å². The zero-order valence-electron chi connectivity index (χ0n) is 18.1. The fourth-order valence-electron chi connectivity index (χ4n) is 3.99. The lowest BCUT2D eigenvalue weighted by molar-refractivity contribution is -0.126. The summed E-state index contributed by atoms with van der Waals surface area (Å²) in [6, 6.07) is 16.4. The maximum absolute atomic E-state index is 12.4. The lowest BCUT2D eigenvalue weighted by Crippen LogP contribution is -2.43. The van der Waals surface area contributed by atoms with Gasteiger partial charge in [0.15, 0.2) is 0 Å². The van der Waals surface area contributed by atoms with E-state index >= 15 is 0 Å². The fraction of sp³-hybridized carbons (Fsp3) is 0.440. The average molecular weight is 408 g/mol. The molecular weight excluding hydrogens is 374 g/mol. The summed E-state index contributed by atoms with van der Waals surface area (Å²) in [6.07, 6.45) is 3.55. The van der Waals surface area contributed by atoms with Gasteiger partial charge in [-0.05, 0) is 69.8 Å². The van der Waals surface area contributed by atoms with E-state index in [1.54, 1.807) is 0 Å². The highest BCUT2D eigenvalue weighted by atomic mass is 16.2. The van der Waals surface area contributed by atoms with Gasteiger partial charge in [-0.2, -0.15) is 0 Å². The molecule has 5 nitrogen and oxygen atoms in total. The fourth-order valence-corrected chi connectivity index (χ4v) is 3.99. The number of carbonyl (C=O) groups is 2. The van der Waals surface area contributed by atoms with Crippen LogP contribution in [-0.4, -0.2) is 42.9 Å². The number of nitrogens with one attached hydrogen (secondary N) is 2. The van der Waals surface area contributed by atoms with E-state index in [-0.39, 0.29) is 17.7 Å². The highest BCUT2D eigenvalue weighted by Gasteiger charge is 2.25. The Labute approximate surface area is 179 Å². The predicted octanol–water partition coefficient (Wildman–Crippen LogP) is 3.70. The molecule has 2 N–H and O–H groups in total. The van der Waals surface area contributed by atoms with Gasteiger partial charge in [0, 0.05) is 18.2 Å². The largest absolute Gasteiger partial charge is 0.356 e.